The Morgan fingerprint density at radius 1 is 1.03 bits per heavy atom. The zero-order chi connectivity index (χ0) is 25.2. The van der Waals surface area contributed by atoms with E-state index >= 15 is 0 Å². The second-order valence-electron chi connectivity index (χ2n) is 9.49. The van der Waals surface area contributed by atoms with Gasteiger partial charge in [-0.2, -0.15) is 4.98 Å². The van der Waals surface area contributed by atoms with Gasteiger partial charge < -0.3 is 24.5 Å². The van der Waals surface area contributed by atoms with E-state index in [0.29, 0.717) is 44.3 Å². The summed E-state index contributed by atoms with van der Waals surface area (Å²) in [4.78, 5) is 35.3. The highest BCUT2D eigenvalue weighted by atomic mass is 16.5. The monoisotopic (exact) mass is 488 g/mol. The number of carbonyl (C=O) groups excluding carboxylic acids is 2. The van der Waals surface area contributed by atoms with E-state index in [1.807, 2.05) is 48.2 Å². The first-order valence-electron chi connectivity index (χ1n) is 12.5. The second-order valence-corrected chi connectivity index (χ2v) is 9.49. The molecule has 1 aromatic heterocycles. The zero-order valence-electron chi connectivity index (χ0n) is 21.0. The number of urea groups is 1. The fraction of sp³-hybridized carbons (Fsp3) is 0.407. The molecule has 0 aliphatic carbocycles. The number of hydrogen-bond donors (Lipinski definition) is 1. The molecular weight excluding hydrogens is 456 g/mol. The van der Waals surface area contributed by atoms with Crippen molar-refractivity contribution in [2.45, 2.75) is 33.1 Å². The fourth-order valence-corrected chi connectivity index (χ4v) is 4.79. The van der Waals surface area contributed by atoms with Gasteiger partial charge in [-0.05, 0) is 68.3 Å². The van der Waals surface area contributed by atoms with Gasteiger partial charge in [0, 0.05) is 62.6 Å². The molecule has 0 spiro atoms. The normalized spacial score (nSPS) is 18.1. The molecule has 2 aliphatic heterocycles. The molecule has 2 aliphatic rings. The lowest BCUT2D eigenvalue weighted by Crippen LogP contribution is -2.51. The van der Waals surface area contributed by atoms with Crippen LogP contribution in [0.15, 0.2) is 47.0 Å². The Labute approximate surface area is 211 Å². The van der Waals surface area contributed by atoms with Crippen molar-refractivity contribution in [3.8, 4) is 11.4 Å². The van der Waals surface area contributed by atoms with E-state index in [1.165, 1.54) is 5.56 Å². The summed E-state index contributed by atoms with van der Waals surface area (Å²) in [6, 6.07) is 14.2. The number of amides is 3. The molecule has 2 fully saturated rings. The maximum Gasteiger partial charge on any atom is 0.317 e. The number of rotatable bonds is 5. The van der Waals surface area contributed by atoms with E-state index < -0.39 is 0 Å². The van der Waals surface area contributed by atoms with Gasteiger partial charge in [0.2, 0.25) is 17.6 Å². The van der Waals surface area contributed by atoms with Gasteiger partial charge in [-0.1, -0.05) is 11.2 Å². The lowest BCUT2D eigenvalue weighted by atomic mass is 10.1. The minimum atomic E-state index is -0.124. The van der Waals surface area contributed by atoms with E-state index in [-0.39, 0.29) is 17.9 Å². The molecule has 3 amide bonds. The van der Waals surface area contributed by atoms with Gasteiger partial charge in [0.15, 0.2) is 0 Å². The molecule has 1 N–H and O–H groups in total. The van der Waals surface area contributed by atoms with Crippen LogP contribution in [0.25, 0.3) is 11.4 Å². The molecule has 9 heteroatoms. The SMILES string of the molecule is CCNC(=O)N1CCN(c2ccc(-c3noc(C4CC(=O)N(c5ccc(C)c(C)c5)C4)n3)cc2)CC1. The first-order chi connectivity index (χ1) is 17.4. The predicted octanol–water partition coefficient (Wildman–Crippen LogP) is 3.73. The molecule has 2 aromatic carbocycles. The molecule has 0 bridgehead atoms. The number of aromatic nitrogens is 2. The summed E-state index contributed by atoms with van der Waals surface area (Å²) in [6.45, 7) is 10.2. The number of aryl methyl sites for hydroxylation is 2. The Hall–Kier alpha value is -3.88. The summed E-state index contributed by atoms with van der Waals surface area (Å²) < 4.78 is 5.59. The van der Waals surface area contributed by atoms with Crippen LogP contribution in [0.4, 0.5) is 16.2 Å². The Morgan fingerprint density at radius 3 is 2.44 bits per heavy atom. The highest BCUT2D eigenvalue weighted by molar-refractivity contribution is 5.96. The van der Waals surface area contributed by atoms with Crippen LogP contribution in [0.3, 0.4) is 0 Å². The quantitative estimate of drug-likeness (QED) is 0.588. The molecule has 2 saturated heterocycles. The molecular formula is C27H32N6O3. The first-order valence-corrected chi connectivity index (χ1v) is 12.5. The highest BCUT2D eigenvalue weighted by Crippen LogP contribution is 2.33. The molecule has 9 nitrogen and oxygen atoms in total. The fourth-order valence-electron chi connectivity index (χ4n) is 4.79. The lowest BCUT2D eigenvalue weighted by molar-refractivity contribution is -0.117. The van der Waals surface area contributed by atoms with Crippen molar-refractivity contribution in [2.24, 2.45) is 0 Å². The number of nitrogens with zero attached hydrogens (tertiary/aromatic N) is 5. The maximum atomic E-state index is 12.7. The smallest absolute Gasteiger partial charge is 0.317 e. The number of piperazine rings is 1. The van der Waals surface area contributed by atoms with Gasteiger partial charge in [0.1, 0.15) is 0 Å². The zero-order valence-corrected chi connectivity index (χ0v) is 21.0. The van der Waals surface area contributed by atoms with Crippen molar-refractivity contribution in [3.63, 3.8) is 0 Å². The van der Waals surface area contributed by atoms with E-state index in [4.69, 9.17) is 4.52 Å². The summed E-state index contributed by atoms with van der Waals surface area (Å²) in [5.41, 5.74) is 5.24. The van der Waals surface area contributed by atoms with E-state index in [1.54, 1.807) is 4.90 Å². The van der Waals surface area contributed by atoms with E-state index in [2.05, 4.69) is 40.3 Å². The van der Waals surface area contributed by atoms with Crippen molar-refractivity contribution in [1.82, 2.24) is 20.4 Å². The van der Waals surface area contributed by atoms with E-state index in [0.717, 1.165) is 35.6 Å². The second kappa shape index (κ2) is 10.0. The Balaban J connectivity index is 1.22. The maximum absolute atomic E-state index is 12.7. The summed E-state index contributed by atoms with van der Waals surface area (Å²) in [7, 11) is 0. The van der Waals surface area contributed by atoms with Crippen molar-refractivity contribution in [1.29, 1.82) is 0 Å². The van der Waals surface area contributed by atoms with Crippen LogP contribution < -0.4 is 15.1 Å². The summed E-state index contributed by atoms with van der Waals surface area (Å²) in [5, 5.41) is 7.05. The van der Waals surface area contributed by atoms with Crippen molar-refractivity contribution < 1.29 is 14.1 Å². The Morgan fingerprint density at radius 2 is 1.75 bits per heavy atom. The lowest BCUT2D eigenvalue weighted by Gasteiger charge is -2.36. The number of anilines is 2. The third kappa shape index (κ3) is 4.78. The van der Waals surface area contributed by atoms with Crippen LogP contribution in [-0.4, -0.2) is 66.2 Å². The number of carbonyl (C=O) groups is 2. The largest absolute Gasteiger partial charge is 0.368 e. The molecule has 1 atom stereocenters. The van der Waals surface area contributed by atoms with Crippen LogP contribution in [0.5, 0.6) is 0 Å². The predicted molar refractivity (Wildman–Crippen MR) is 138 cm³/mol. The molecule has 36 heavy (non-hydrogen) atoms. The van der Waals surface area contributed by atoms with Crippen molar-refractivity contribution >= 4 is 23.3 Å². The van der Waals surface area contributed by atoms with Crippen molar-refractivity contribution in [2.75, 3.05) is 49.1 Å². The Kier molecular flexibility index (Phi) is 6.63. The highest BCUT2D eigenvalue weighted by Gasteiger charge is 2.35. The molecule has 0 radical (unpaired) electrons. The number of nitrogens with one attached hydrogen (secondary N) is 1. The minimum Gasteiger partial charge on any atom is -0.368 e. The van der Waals surface area contributed by atoms with Crippen LogP contribution in [0.2, 0.25) is 0 Å². The van der Waals surface area contributed by atoms with Gasteiger partial charge in [-0.3, -0.25) is 4.79 Å². The number of hydrogen-bond acceptors (Lipinski definition) is 6. The standard InChI is InChI=1S/C27H32N6O3/c1-4-28-27(35)32-13-11-31(12-14-32)22-9-6-20(7-10-22)25-29-26(36-30-25)21-16-24(34)33(17-21)23-8-5-18(2)19(3)15-23/h5-10,15,21H,4,11-14,16-17H2,1-3H3,(H,28,35). The van der Waals surface area contributed by atoms with Gasteiger partial charge in [0.05, 0.1) is 5.92 Å². The molecule has 5 rings (SSSR count). The number of benzene rings is 2. The topological polar surface area (TPSA) is 94.8 Å². The third-order valence-electron chi connectivity index (χ3n) is 7.10. The average Bonchev–Trinajstić information content (AvgIpc) is 3.53. The average molecular weight is 489 g/mol. The van der Waals surface area contributed by atoms with Crippen LogP contribution in [0, 0.1) is 13.8 Å². The summed E-state index contributed by atoms with van der Waals surface area (Å²) in [5.74, 6) is 0.963. The summed E-state index contributed by atoms with van der Waals surface area (Å²) >= 11 is 0. The molecule has 3 aromatic rings. The van der Waals surface area contributed by atoms with E-state index in [9.17, 15) is 9.59 Å². The van der Waals surface area contributed by atoms with Crippen LogP contribution in [0.1, 0.15) is 36.3 Å². The van der Waals surface area contributed by atoms with Gasteiger partial charge in [0.25, 0.3) is 0 Å². The van der Waals surface area contributed by atoms with Gasteiger partial charge in [-0.15, -0.1) is 0 Å². The van der Waals surface area contributed by atoms with Crippen molar-refractivity contribution in [3.05, 3.63) is 59.5 Å². The van der Waals surface area contributed by atoms with Crippen LogP contribution >= 0.6 is 0 Å². The van der Waals surface area contributed by atoms with Gasteiger partial charge in [-0.25, -0.2) is 4.79 Å². The Bertz CT molecular complexity index is 1250. The summed E-state index contributed by atoms with van der Waals surface area (Å²) in [6.07, 6.45) is 0.357. The first kappa shape index (κ1) is 23.8. The third-order valence-corrected chi connectivity index (χ3v) is 7.10. The molecule has 188 valence electrons. The van der Waals surface area contributed by atoms with Gasteiger partial charge >= 0.3 is 6.03 Å². The molecule has 0 saturated carbocycles. The minimum absolute atomic E-state index is 0.00136. The van der Waals surface area contributed by atoms with Crippen LogP contribution in [-0.2, 0) is 4.79 Å². The molecule has 1 unspecified atom stereocenters. The molecule has 3 heterocycles.